The first-order chi connectivity index (χ1) is 10.1. The Hall–Kier alpha value is -2.00. The monoisotopic (exact) mass is 296 g/mol. The molecule has 9 nitrogen and oxygen atoms in total. The Kier molecular flexibility index (Phi) is 5.64. The lowest BCUT2D eigenvalue weighted by Gasteiger charge is -2.18. The second kappa shape index (κ2) is 7.70. The minimum atomic E-state index is -0.981. The molecule has 1 aromatic heterocycles. The molecule has 0 spiro atoms. The van der Waals surface area contributed by atoms with E-state index in [0.717, 1.165) is 32.6 Å². The highest BCUT2D eigenvalue weighted by atomic mass is 16.4. The van der Waals surface area contributed by atoms with E-state index in [1.165, 1.54) is 10.9 Å². The summed E-state index contributed by atoms with van der Waals surface area (Å²) in [4.78, 5) is 24.5. The summed E-state index contributed by atoms with van der Waals surface area (Å²) in [7, 11) is 0. The zero-order chi connectivity index (χ0) is 15.1. The van der Waals surface area contributed by atoms with E-state index in [0.29, 0.717) is 12.2 Å². The van der Waals surface area contributed by atoms with Gasteiger partial charge in [-0.1, -0.05) is 5.21 Å². The van der Waals surface area contributed by atoms with E-state index in [4.69, 9.17) is 5.11 Å². The van der Waals surface area contributed by atoms with Gasteiger partial charge in [-0.25, -0.2) is 4.68 Å². The van der Waals surface area contributed by atoms with E-state index in [9.17, 15) is 9.59 Å². The topological polar surface area (TPSA) is 112 Å². The lowest BCUT2D eigenvalue weighted by atomic mass is 10.3. The predicted molar refractivity (Wildman–Crippen MR) is 73.4 cm³/mol. The van der Waals surface area contributed by atoms with Crippen LogP contribution in [0.25, 0.3) is 0 Å². The molecule has 0 aromatic carbocycles. The van der Waals surface area contributed by atoms with Gasteiger partial charge in [0.2, 0.25) is 5.91 Å². The molecule has 2 heterocycles. The first-order valence-electron chi connectivity index (χ1n) is 6.94. The van der Waals surface area contributed by atoms with Gasteiger partial charge in [0.05, 0.1) is 19.3 Å². The third kappa shape index (κ3) is 5.48. The molecule has 2 rings (SSSR count). The number of carboxylic acids is 1. The fourth-order valence-electron chi connectivity index (χ4n) is 2.14. The van der Waals surface area contributed by atoms with Crippen LogP contribution in [-0.2, 0) is 22.7 Å². The Morgan fingerprint density at radius 2 is 2.19 bits per heavy atom. The van der Waals surface area contributed by atoms with E-state index in [-0.39, 0.29) is 19.0 Å². The van der Waals surface area contributed by atoms with Crippen molar-refractivity contribution in [2.24, 2.45) is 0 Å². The second-order valence-corrected chi connectivity index (χ2v) is 4.96. The number of carbonyl (C=O) groups excluding carboxylic acids is 1. The molecule has 0 saturated carbocycles. The number of hydrogen-bond donors (Lipinski definition) is 3. The fourth-order valence-corrected chi connectivity index (χ4v) is 2.14. The third-order valence-corrected chi connectivity index (χ3v) is 3.15. The number of aliphatic carboxylic acids is 1. The Bertz CT molecular complexity index is 481. The molecular formula is C12H20N6O3. The summed E-state index contributed by atoms with van der Waals surface area (Å²) >= 11 is 0. The average Bonchev–Trinajstić information content (AvgIpc) is 2.70. The highest BCUT2D eigenvalue weighted by Crippen LogP contribution is 1.96. The van der Waals surface area contributed by atoms with Crippen LogP contribution >= 0.6 is 0 Å². The molecular weight excluding hydrogens is 276 g/mol. The standard InChI is InChI=1S/C12H20N6O3/c19-11(8-17-4-1-2-13-3-5-17)14-6-10-7-18(16-15-10)9-12(20)21/h7,13H,1-6,8-9H2,(H,14,19)(H,20,21). The van der Waals surface area contributed by atoms with E-state index in [1.807, 2.05) is 0 Å². The number of nitrogens with zero attached hydrogens (tertiary/aromatic N) is 4. The Labute approximate surface area is 122 Å². The molecule has 0 bridgehead atoms. The molecule has 1 saturated heterocycles. The van der Waals surface area contributed by atoms with Gasteiger partial charge in [0.15, 0.2) is 0 Å². The molecule has 0 radical (unpaired) electrons. The Morgan fingerprint density at radius 3 is 3.00 bits per heavy atom. The van der Waals surface area contributed by atoms with Gasteiger partial charge < -0.3 is 15.7 Å². The lowest BCUT2D eigenvalue weighted by molar-refractivity contribution is -0.138. The van der Waals surface area contributed by atoms with Crippen molar-refractivity contribution in [1.29, 1.82) is 0 Å². The molecule has 0 unspecified atom stereocenters. The highest BCUT2D eigenvalue weighted by Gasteiger charge is 2.13. The second-order valence-electron chi connectivity index (χ2n) is 4.96. The number of carboxylic acid groups (broad SMARTS) is 1. The summed E-state index contributed by atoms with van der Waals surface area (Å²) in [5.41, 5.74) is 0.544. The van der Waals surface area contributed by atoms with Gasteiger partial charge in [0.25, 0.3) is 0 Å². The van der Waals surface area contributed by atoms with E-state index in [1.54, 1.807) is 0 Å². The van der Waals surface area contributed by atoms with E-state index < -0.39 is 5.97 Å². The molecule has 1 aliphatic rings. The summed E-state index contributed by atoms with van der Waals surface area (Å²) < 4.78 is 1.23. The van der Waals surface area contributed by atoms with Crippen LogP contribution in [0.1, 0.15) is 12.1 Å². The number of aromatic nitrogens is 3. The summed E-state index contributed by atoms with van der Waals surface area (Å²) in [6.07, 6.45) is 2.56. The zero-order valence-electron chi connectivity index (χ0n) is 11.8. The van der Waals surface area contributed by atoms with E-state index >= 15 is 0 Å². The van der Waals surface area contributed by atoms with Crippen molar-refractivity contribution in [1.82, 2.24) is 30.5 Å². The van der Waals surface area contributed by atoms with Crippen LogP contribution in [0.5, 0.6) is 0 Å². The normalized spacial score (nSPS) is 16.4. The number of hydrogen-bond acceptors (Lipinski definition) is 6. The van der Waals surface area contributed by atoms with Gasteiger partial charge in [0.1, 0.15) is 12.2 Å². The van der Waals surface area contributed by atoms with Crippen LogP contribution < -0.4 is 10.6 Å². The van der Waals surface area contributed by atoms with Crippen molar-refractivity contribution in [2.75, 3.05) is 32.7 Å². The summed E-state index contributed by atoms with van der Waals surface area (Å²) in [6.45, 7) is 4.05. The van der Waals surface area contributed by atoms with Gasteiger partial charge in [-0.2, -0.15) is 0 Å². The predicted octanol–water partition coefficient (Wildman–Crippen LogP) is -1.73. The maximum atomic E-state index is 11.9. The minimum absolute atomic E-state index is 0.0651. The van der Waals surface area contributed by atoms with Gasteiger partial charge in [-0.15, -0.1) is 5.10 Å². The molecule has 3 N–H and O–H groups in total. The van der Waals surface area contributed by atoms with Crippen molar-refractivity contribution in [3.05, 3.63) is 11.9 Å². The van der Waals surface area contributed by atoms with Gasteiger partial charge in [0, 0.05) is 13.1 Å². The number of amides is 1. The van der Waals surface area contributed by atoms with Crippen molar-refractivity contribution < 1.29 is 14.7 Å². The van der Waals surface area contributed by atoms with Crippen molar-refractivity contribution in [3.63, 3.8) is 0 Å². The zero-order valence-corrected chi connectivity index (χ0v) is 11.8. The van der Waals surface area contributed by atoms with E-state index in [2.05, 4.69) is 25.8 Å². The summed E-state index contributed by atoms with van der Waals surface area (Å²) in [5.74, 6) is -1.05. The lowest BCUT2D eigenvalue weighted by Crippen LogP contribution is -2.38. The van der Waals surface area contributed by atoms with Crippen molar-refractivity contribution >= 4 is 11.9 Å². The molecule has 0 aliphatic carbocycles. The van der Waals surface area contributed by atoms with Crippen molar-refractivity contribution in [2.45, 2.75) is 19.5 Å². The van der Waals surface area contributed by atoms with Crippen LogP contribution in [0, 0.1) is 0 Å². The molecule has 0 atom stereocenters. The van der Waals surface area contributed by atoms with Crippen LogP contribution in [0.15, 0.2) is 6.20 Å². The summed E-state index contributed by atoms with van der Waals surface area (Å²) in [6, 6.07) is 0. The molecule has 1 aromatic rings. The smallest absolute Gasteiger partial charge is 0.325 e. The van der Waals surface area contributed by atoms with Gasteiger partial charge in [-0.3, -0.25) is 14.5 Å². The summed E-state index contributed by atoms with van der Waals surface area (Å²) in [5, 5.41) is 22.2. The quantitative estimate of drug-likeness (QED) is 0.572. The maximum absolute atomic E-state index is 11.9. The molecule has 1 aliphatic heterocycles. The average molecular weight is 296 g/mol. The van der Waals surface area contributed by atoms with Crippen LogP contribution in [0.3, 0.4) is 0 Å². The Balaban J connectivity index is 1.72. The fraction of sp³-hybridized carbons (Fsp3) is 0.667. The van der Waals surface area contributed by atoms with Gasteiger partial charge >= 0.3 is 5.97 Å². The molecule has 1 amide bonds. The van der Waals surface area contributed by atoms with Gasteiger partial charge in [-0.05, 0) is 19.5 Å². The molecule has 116 valence electrons. The largest absolute Gasteiger partial charge is 0.480 e. The first-order valence-corrected chi connectivity index (χ1v) is 6.94. The first kappa shape index (κ1) is 15.4. The molecule has 9 heteroatoms. The highest BCUT2D eigenvalue weighted by molar-refractivity contribution is 5.77. The number of carbonyl (C=O) groups is 2. The third-order valence-electron chi connectivity index (χ3n) is 3.15. The number of nitrogens with one attached hydrogen (secondary N) is 2. The molecule has 1 fully saturated rings. The van der Waals surface area contributed by atoms with Crippen LogP contribution in [0.4, 0.5) is 0 Å². The SMILES string of the molecule is O=C(O)Cn1cc(CNC(=O)CN2CCCNCC2)nn1. The maximum Gasteiger partial charge on any atom is 0.325 e. The molecule has 21 heavy (non-hydrogen) atoms. The van der Waals surface area contributed by atoms with Crippen LogP contribution in [0.2, 0.25) is 0 Å². The number of rotatable bonds is 6. The minimum Gasteiger partial charge on any atom is -0.480 e. The van der Waals surface area contributed by atoms with Crippen molar-refractivity contribution in [3.8, 4) is 0 Å². The Morgan fingerprint density at radius 1 is 1.33 bits per heavy atom. The van der Waals surface area contributed by atoms with Crippen LogP contribution in [-0.4, -0.2) is 69.6 Å².